The first kappa shape index (κ1) is 29.9. The van der Waals surface area contributed by atoms with Gasteiger partial charge in [0.25, 0.3) is 0 Å². The van der Waals surface area contributed by atoms with Gasteiger partial charge in [0, 0.05) is 12.6 Å². The van der Waals surface area contributed by atoms with Crippen molar-refractivity contribution < 1.29 is 19.1 Å². The monoisotopic (exact) mass is 534 g/mol. The van der Waals surface area contributed by atoms with Gasteiger partial charge in [-0.2, -0.15) is 0 Å². The number of benzene rings is 2. The van der Waals surface area contributed by atoms with Crippen molar-refractivity contribution in [1.29, 1.82) is 0 Å². The fourth-order valence-corrected chi connectivity index (χ4v) is 4.81. The van der Waals surface area contributed by atoms with Gasteiger partial charge in [0.1, 0.15) is 23.9 Å². The third kappa shape index (κ3) is 8.17. The van der Waals surface area contributed by atoms with Gasteiger partial charge >= 0.3 is 0 Å². The highest BCUT2D eigenvalue weighted by atomic mass is 16.5. The Morgan fingerprint density at radius 2 is 1.67 bits per heavy atom. The zero-order chi connectivity index (χ0) is 28.5. The van der Waals surface area contributed by atoms with Crippen LogP contribution in [0, 0.1) is 11.8 Å². The minimum atomic E-state index is -1.03. The molecule has 8 nitrogen and oxygen atoms in total. The molecule has 5 atom stereocenters. The predicted octanol–water partition coefficient (Wildman–Crippen LogP) is 3.38. The van der Waals surface area contributed by atoms with E-state index < -0.39 is 30.1 Å². The van der Waals surface area contributed by atoms with Crippen LogP contribution >= 0.6 is 0 Å². The summed E-state index contributed by atoms with van der Waals surface area (Å²) in [5.41, 5.74) is 1.79. The largest absolute Gasteiger partial charge is 0.487 e. The van der Waals surface area contributed by atoms with Crippen LogP contribution in [0.2, 0.25) is 0 Å². The lowest BCUT2D eigenvalue weighted by Crippen LogP contribution is -2.62. The number of amides is 3. The molecule has 2 aliphatic rings. The summed E-state index contributed by atoms with van der Waals surface area (Å²) in [6.07, 6.45) is 3.77. The minimum Gasteiger partial charge on any atom is -0.487 e. The number of hydrogen-bond donors (Lipinski definition) is 3. The zero-order valence-electron chi connectivity index (χ0n) is 23.8. The molecule has 2 aromatic rings. The van der Waals surface area contributed by atoms with Crippen LogP contribution in [0.4, 0.5) is 0 Å². The highest BCUT2D eigenvalue weighted by Crippen LogP contribution is 2.21. The maximum Gasteiger partial charge on any atom is 0.247 e. The van der Waals surface area contributed by atoms with Gasteiger partial charge in [-0.15, -0.1) is 0 Å². The smallest absolute Gasteiger partial charge is 0.247 e. The fourth-order valence-electron chi connectivity index (χ4n) is 4.81. The summed E-state index contributed by atoms with van der Waals surface area (Å²) in [7, 11) is 3.71. The second kappa shape index (κ2) is 13.9. The maximum absolute atomic E-state index is 14.0. The molecule has 0 fully saturated rings. The molecular formula is C31H42N4O4. The number of likely N-dealkylation sites (N-methyl/N-ethyl adjacent to an activating group) is 1. The molecule has 0 aromatic heterocycles. The molecule has 0 saturated heterocycles. The van der Waals surface area contributed by atoms with Gasteiger partial charge in [-0.1, -0.05) is 76.6 Å². The highest BCUT2D eigenvalue weighted by molar-refractivity contribution is 5.94. The van der Waals surface area contributed by atoms with Crippen molar-refractivity contribution >= 4 is 23.8 Å². The Hall–Kier alpha value is -3.65. The number of carbonyl (C=O) groups is 3. The molecule has 39 heavy (non-hydrogen) atoms. The molecule has 8 heteroatoms. The molecule has 0 aliphatic carbocycles. The molecule has 210 valence electrons. The Morgan fingerprint density at radius 1 is 1.00 bits per heavy atom. The minimum absolute atomic E-state index is 0.0657. The van der Waals surface area contributed by atoms with Crippen LogP contribution in [-0.2, 0) is 20.8 Å². The zero-order valence-corrected chi connectivity index (χ0v) is 23.8. The lowest BCUT2D eigenvalue weighted by molar-refractivity contribution is -0.136. The van der Waals surface area contributed by atoms with Gasteiger partial charge in [0.2, 0.25) is 17.7 Å². The van der Waals surface area contributed by atoms with E-state index in [1.807, 2.05) is 101 Å². The molecule has 0 radical (unpaired) electrons. The van der Waals surface area contributed by atoms with E-state index in [1.165, 1.54) is 0 Å². The van der Waals surface area contributed by atoms with E-state index in [2.05, 4.69) is 16.0 Å². The van der Waals surface area contributed by atoms with E-state index in [9.17, 15) is 14.4 Å². The summed E-state index contributed by atoms with van der Waals surface area (Å²) in [6.45, 7) is 7.95. The SMILES string of the molecule is CC[C@H](C)[C@@H](C(=O)N[C@H]1C(=O)N[C@H](Cc2ccccc2)C(=O)N/C=C\c2ccc(cc2)O[C@H]1C(C)C)N(C)C. The second-order valence-corrected chi connectivity index (χ2v) is 10.8. The molecule has 0 spiro atoms. The molecule has 2 bridgehead atoms. The van der Waals surface area contributed by atoms with Gasteiger partial charge in [-0.25, -0.2) is 0 Å². The number of fused-ring (bicyclic) bond motifs is 10. The highest BCUT2D eigenvalue weighted by Gasteiger charge is 2.38. The summed E-state index contributed by atoms with van der Waals surface area (Å²) in [6, 6.07) is 14.6. The lowest BCUT2D eigenvalue weighted by Gasteiger charge is -2.35. The summed E-state index contributed by atoms with van der Waals surface area (Å²) in [5, 5.41) is 8.72. The van der Waals surface area contributed by atoms with Gasteiger partial charge in [0.05, 0.1) is 6.04 Å². The molecule has 2 aliphatic heterocycles. The first-order valence-corrected chi connectivity index (χ1v) is 13.7. The third-order valence-corrected chi connectivity index (χ3v) is 7.14. The Labute approximate surface area is 232 Å². The Balaban J connectivity index is 2.03. The fraction of sp³-hybridized carbons (Fsp3) is 0.452. The van der Waals surface area contributed by atoms with Crippen LogP contribution in [0.15, 0.2) is 60.8 Å². The average molecular weight is 535 g/mol. The van der Waals surface area contributed by atoms with Crippen LogP contribution in [0.5, 0.6) is 5.75 Å². The van der Waals surface area contributed by atoms with E-state index in [4.69, 9.17) is 4.74 Å². The molecule has 2 heterocycles. The molecule has 3 N–H and O–H groups in total. The Kier molecular flexibility index (Phi) is 10.7. The second-order valence-electron chi connectivity index (χ2n) is 10.8. The number of rotatable bonds is 8. The first-order chi connectivity index (χ1) is 18.6. The molecule has 4 rings (SSSR count). The summed E-state index contributed by atoms with van der Waals surface area (Å²) in [4.78, 5) is 42.7. The van der Waals surface area contributed by atoms with Crippen LogP contribution < -0.4 is 20.7 Å². The van der Waals surface area contributed by atoms with E-state index in [0.717, 1.165) is 17.5 Å². The van der Waals surface area contributed by atoms with Crippen LogP contribution in [0.3, 0.4) is 0 Å². The number of carbonyl (C=O) groups excluding carboxylic acids is 3. The number of ether oxygens (including phenoxy) is 1. The number of nitrogens with one attached hydrogen (secondary N) is 3. The Bertz CT molecular complexity index is 1130. The molecule has 3 amide bonds. The van der Waals surface area contributed by atoms with E-state index >= 15 is 0 Å². The van der Waals surface area contributed by atoms with Crippen molar-refractivity contribution in [2.24, 2.45) is 11.8 Å². The van der Waals surface area contributed by atoms with Gasteiger partial charge in [-0.05, 0) is 55.3 Å². The van der Waals surface area contributed by atoms with Gasteiger partial charge in [-0.3, -0.25) is 19.3 Å². The lowest BCUT2D eigenvalue weighted by atomic mass is 9.94. The summed E-state index contributed by atoms with van der Waals surface area (Å²) >= 11 is 0. The maximum atomic E-state index is 14.0. The summed E-state index contributed by atoms with van der Waals surface area (Å²) in [5.74, 6) is -0.558. The van der Waals surface area contributed by atoms with Crippen molar-refractivity contribution in [2.45, 2.75) is 64.8 Å². The van der Waals surface area contributed by atoms with E-state index in [-0.39, 0.29) is 23.7 Å². The standard InChI is InChI=1S/C31H42N4O4/c1-7-21(4)27(35(5)6)31(38)34-26-28(20(2)3)39-24-15-13-22(14-16-24)17-18-32-29(36)25(33-30(26)37)19-23-11-9-8-10-12-23/h8-18,20-21,25-28H,7,19H2,1-6H3,(H,32,36)(H,33,37)(H,34,38)/b18-17-/t21-,25+,26+,27-,28-/m0/s1. The molecule has 0 saturated carbocycles. The molecule has 2 aromatic carbocycles. The third-order valence-electron chi connectivity index (χ3n) is 7.14. The molecular weight excluding hydrogens is 492 g/mol. The normalized spacial score (nSPS) is 22.3. The Morgan fingerprint density at radius 3 is 2.26 bits per heavy atom. The van der Waals surface area contributed by atoms with Gasteiger partial charge < -0.3 is 20.7 Å². The number of nitrogens with zero attached hydrogens (tertiary/aromatic N) is 1. The van der Waals surface area contributed by atoms with Crippen molar-refractivity contribution in [2.75, 3.05) is 14.1 Å². The quantitative estimate of drug-likeness (QED) is 0.482. The van der Waals surface area contributed by atoms with Crippen molar-refractivity contribution in [3.63, 3.8) is 0 Å². The van der Waals surface area contributed by atoms with E-state index in [0.29, 0.717) is 12.2 Å². The molecule has 0 unspecified atom stereocenters. The topological polar surface area (TPSA) is 99.8 Å². The van der Waals surface area contributed by atoms with Crippen molar-refractivity contribution in [1.82, 2.24) is 20.9 Å². The summed E-state index contributed by atoms with van der Waals surface area (Å²) < 4.78 is 6.35. The van der Waals surface area contributed by atoms with Crippen LogP contribution in [0.1, 0.15) is 45.2 Å². The van der Waals surface area contributed by atoms with Crippen molar-refractivity contribution in [3.05, 3.63) is 71.9 Å². The first-order valence-electron chi connectivity index (χ1n) is 13.7. The average Bonchev–Trinajstić information content (AvgIpc) is 2.90. The number of hydrogen-bond acceptors (Lipinski definition) is 5. The van der Waals surface area contributed by atoms with Gasteiger partial charge in [0.15, 0.2) is 0 Å². The predicted molar refractivity (Wildman–Crippen MR) is 154 cm³/mol. The van der Waals surface area contributed by atoms with Crippen LogP contribution in [-0.4, -0.2) is 60.9 Å². The van der Waals surface area contributed by atoms with Crippen LogP contribution in [0.25, 0.3) is 6.08 Å². The van der Waals surface area contributed by atoms with Crippen molar-refractivity contribution in [3.8, 4) is 5.75 Å². The van der Waals surface area contributed by atoms with E-state index in [1.54, 1.807) is 12.3 Å².